The van der Waals surface area contributed by atoms with E-state index in [-0.39, 0.29) is 4.47 Å². The third-order valence-corrected chi connectivity index (χ3v) is 4.04. The lowest BCUT2D eigenvalue weighted by Crippen LogP contribution is -2.32. The van der Waals surface area contributed by atoms with E-state index in [1.807, 2.05) is 0 Å². The normalized spacial score (nSPS) is 15.3. The van der Waals surface area contributed by atoms with E-state index in [1.165, 1.54) is 26.8 Å². The van der Waals surface area contributed by atoms with Crippen LogP contribution in [0.4, 0.5) is 17.6 Å². The topological polar surface area (TPSA) is 35.4 Å². The van der Waals surface area contributed by atoms with E-state index >= 15 is 0 Å². The molecule has 0 bridgehead atoms. The molecule has 0 aromatic heterocycles. The molecule has 0 radical (unpaired) electrons. The minimum atomic E-state index is -4.90. The second kappa shape index (κ2) is 6.03. The third-order valence-electron chi connectivity index (χ3n) is 2.15. The van der Waals surface area contributed by atoms with Gasteiger partial charge in [-0.05, 0) is 39.0 Å². The summed E-state index contributed by atoms with van der Waals surface area (Å²) in [5.41, 5.74) is -2.21. The summed E-state index contributed by atoms with van der Waals surface area (Å²) in [5, 5.41) is 0. The highest BCUT2D eigenvalue weighted by Crippen LogP contribution is 2.29. The Morgan fingerprint density at radius 1 is 1.25 bits per heavy atom. The molecule has 8 heteroatoms. The van der Waals surface area contributed by atoms with Crippen molar-refractivity contribution in [1.82, 2.24) is 0 Å². The molecular weight excluding hydrogens is 362 g/mol. The number of rotatable bonds is 2. The van der Waals surface area contributed by atoms with E-state index in [1.54, 1.807) is 0 Å². The van der Waals surface area contributed by atoms with Crippen molar-refractivity contribution in [1.29, 1.82) is 0 Å². The summed E-state index contributed by atoms with van der Waals surface area (Å²) >= 11 is 0.829. The quantitative estimate of drug-likeness (QED) is 0.429. The first-order chi connectivity index (χ1) is 8.93. The molecule has 0 saturated heterocycles. The van der Waals surface area contributed by atoms with Crippen LogP contribution in [0.15, 0.2) is 27.1 Å². The minimum absolute atomic E-state index is 0.271. The van der Waals surface area contributed by atoms with Crippen LogP contribution in [0.5, 0.6) is 0 Å². The summed E-state index contributed by atoms with van der Waals surface area (Å²) in [6, 6.07) is 3.12. The average molecular weight is 374 g/mol. The number of hydrogen-bond acceptors (Lipinski definition) is 2. The van der Waals surface area contributed by atoms with Crippen LogP contribution in [0.2, 0.25) is 0 Å². The van der Waals surface area contributed by atoms with Crippen molar-refractivity contribution in [3.05, 3.63) is 34.1 Å². The highest BCUT2D eigenvalue weighted by Gasteiger charge is 2.42. The number of halogens is 5. The van der Waals surface area contributed by atoms with E-state index in [9.17, 15) is 22.1 Å². The summed E-state index contributed by atoms with van der Waals surface area (Å²) in [7, 11) is 0. The number of nitrogens with zero attached hydrogens (tertiary/aromatic N) is 1. The fourth-order valence-corrected chi connectivity index (χ4v) is 2.16. The summed E-state index contributed by atoms with van der Waals surface area (Å²) < 4.78 is 66.9. The van der Waals surface area contributed by atoms with Crippen molar-refractivity contribution in [2.75, 3.05) is 0 Å². The molecule has 0 unspecified atom stereocenters. The zero-order valence-corrected chi connectivity index (χ0v) is 13.3. The molecule has 1 atom stereocenters. The smallest absolute Gasteiger partial charge is 0.438 e. The predicted octanol–water partition coefficient (Wildman–Crippen LogP) is 4.40. The molecule has 0 fully saturated rings. The Balaban J connectivity index is 3.42. The van der Waals surface area contributed by atoms with Gasteiger partial charge in [0.25, 0.3) is 0 Å². The van der Waals surface area contributed by atoms with Crippen LogP contribution in [-0.4, -0.2) is 21.2 Å². The van der Waals surface area contributed by atoms with Crippen molar-refractivity contribution in [2.24, 2.45) is 4.40 Å². The van der Waals surface area contributed by atoms with Gasteiger partial charge in [-0.15, -0.1) is 0 Å². The van der Waals surface area contributed by atoms with Gasteiger partial charge in [-0.1, -0.05) is 20.3 Å². The number of hydrogen-bond donors (Lipinski definition) is 0. The van der Waals surface area contributed by atoms with Crippen molar-refractivity contribution in [2.45, 2.75) is 31.7 Å². The van der Waals surface area contributed by atoms with Gasteiger partial charge >= 0.3 is 6.18 Å². The molecular formula is C12H12BrF4NOS. The number of alkyl halides is 3. The van der Waals surface area contributed by atoms with Crippen molar-refractivity contribution in [3.63, 3.8) is 0 Å². The molecule has 0 spiro atoms. The maximum absolute atomic E-state index is 13.6. The Labute approximate surface area is 125 Å². The van der Waals surface area contributed by atoms with Gasteiger partial charge in [0.1, 0.15) is 21.9 Å². The van der Waals surface area contributed by atoms with Gasteiger partial charge in [-0.2, -0.15) is 13.2 Å². The van der Waals surface area contributed by atoms with Gasteiger partial charge in [0, 0.05) is 10.0 Å². The van der Waals surface area contributed by atoms with Crippen LogP contribution < -0.4 is 0 Å². The second-order valence-corrected chi connectivity index (χ2v) is 7.74. The minimum Gasteiger partial charge on any atom is -0.591 e. The van der Waals surface area contributed by atoms with Crippen molar-refractivity contribution in [3.8, 4) is 0 Å². The summed E-state index contributed by atoms with van der Waals surface area (Å²) in [6.45, 7) is 4.45. The SMILES string of the molecule is CC(C)(C)[S@@+]([O-])/N=C(/c1cc(Br)ccc1F)C(F)(F)F. The Hall–Kier alpha value is -0.600. The fourth-order valence-electron chi connectivity index (χ4n) is 1.15. The van der Waals surface area contributed by atoms with Gasteiger partial charge in [0.15, 0.2) is 0 Å². The predicted molar refractivity (Wildman–Crippen MR) is 74.6 cm³/mol. The fraction of sp³-hybridized carbons (Fsp3) is 0.417. The lowest BCUT2D eigenvalue weighted by atomic mass is 10.1. The maximum Gasteiger partial charge on any atom is 0.438 e. The molecule has 0 heterocycles. The Kier molecular flexibility index (Phi) is 5.26. The molecule has 1 rings (SSSR count). The van der Waals surface area contributed by atoms with Crippen LogP contribution in [0, 0.1) is 5.82 Å². The largest absolute Gasteiger partial charge is 0.591 e. The van der Waals surface area contributed by atoms with E-state index in [0.29, 0.717) is 0 Å². The molecule has 0 aliphatic carbocycles. The average Bonchev–Trinajstić information content (AvgIpc) is 2.26. The van der Waals surface area contributed by atoms with E-state index < -0.39 is 39.4 Å². The van der Waals surface area contributed by atoms with Gasteiger partial charge in [0.2, 0.25) is 5.71 Å². The first-order valence-electron chi connectivity index (χ1n) is 5.46. The first kappa shape index (κ1) is 17.5. The molecule has 112 valence electrons. The van der Waals surface area contributed by atoms with Gasteiger partial charge in [-0.25, -0.2) is 4.39 Å². The monoisotopic (exact) mass is 373 g/mol. The summed E-state index contributed by atoms with van der Waals surface area (Å²) in [6.07, 6.45) is -4.90. The molecule has 0 aliphatic rings. The van der Waals surface area contributed by atoms with Crippen molar-refractivity contribution < 1.29 is 22.1 Å². The van der Waals surface area contributed by atoms with Crippen LogP contribution in [0.3, 0.4) is 0 Å². The second-order valence-electron chi connectivity index (χ2n) is 4.92. The molecule has 0 N–H and O–H groups in total. The molecule has 0 amide bonds. The highest BCUT2D eigenvalue weighted by molar-refractivity contribution is 9.10. The molecule has 0 saturated carbocycles. The van der Waals surface area contributed by atoms with Gasteiger partial charge in [0.05, 0.1) is 0 Å². The van der Waals surface area contributed by atoms with Crippen LogP contribution >= 0.6 is 15.9 Å². The Morgan fingerprint density at radius 2 is 1.80 bits per heavy atom. The van der Waals surface area contributed by atoms with E-state index in [2.05, 4.69) is 20.3 Å². The third kappa shape index (κ3) is 4.46. The molecule has 1 aromatic rings. The lowest BCUT2D eigenvalue weighted by Gasteiger charge is -2.20. The molecule has 20 heavy (non-hydrogen) atoms. The number of benzene rings is 1. The standard InChI is InChI=1S/C12H12BrF4NOS/c1-11(2,3)20(19)18-10(12(15,16)17)8-6-7(13)4-5-9(8)14/h4-6H,1-3H3/b18-10-/t20-/m1/s1. The highest BCUT2D eigenvalue weighted by atomic mass is 79.9. The van der Waals surface area contributed by atoms with Crippen LogP contribution in [-0.2, 0) is 11.4 Å². The zero-order chi connectivity index (χ0) is 15.7. The van der Waals surface area contributed by atoms with Gasteiger partial charge in [-0.3, -0.25) is 0 Å². The molecule has 1 aromatic carbocycles. The summed E-state index contributed by atoms with van der Waals surface area (Å²) in [4.78, 5) is 0. The Bertz CT molecular complexity index is 525. The first-order valence-corrected chi connectivity index (χ1v) is 7.36. The van der Waals surface area contributed by atoms with Crippen LogP contribution in [0.1, 0.15) is 26.3 Å². The molecule has 2 nitrogen and oxygen atoms in total. The molecule has 0 aliphatic heterocycles. The lowest BCUT2D eigenvalue weighted by molar-refractivity contribution is -0.0580. The maximum atomic E-state index is 13.6. The van der Waals surface area contributed by atoms with Crippen LogP contribution in [0.25, 0.3) is 0 Å². The van der Waals surface area contributed by atoms with Gasteiger partial charge < -0.3 is 4.55 Å². The summed E-state index contributed by atoms with van der Waals surface area (Å²) in [5.74, 6) is -1.07. The van der Waals surface area contributed by atoms with E-state index in [0.717, 1.165) is 12.1 Å². The Morgan fingerprint density at radius 3 is 2.25 bits per heavy atom. The van der Waals surface area contributed by atoms with Crippen molar-refractivity contribution >= 4 is 33.0 Å². The van der Waals surface area contributed by atoms with E-state index in [4.69, 9.17) is 0 Å². The zero-order valence-electron chi connectivity index (χ0n) is 10.9.